The van der Waals surface area contributed by atoms with Crippen molar-refractivity contribution in [1.29, 1.82) is 0 Å². The summed E-state index contributed by atoms with van der Waals surface area (Å²) in [5.74, 6) is -0.540. The lowest BCUT2D eigenvalue weighted by Gasteiger charge is -2.19. The van der Waals surface area contributed by atoms with Crippen molar-refractivity contribution in [1.82, 2.24) is 20.5 Å². The average Bonchev–Trinajstić information content (AvgIpc) is 3.57. The van der Waals surface area contributed by atoms with E-state index in [9.17, 15) is 18.0 Å². The number of alkyl halides is 1. The van der Waals surface area contributed by atoms with E-state index in [0.717, 1.165) is 30.9 Å². The first-order valence-corrected chi connectivity index (χ1v) is 15.7. The predicted octanol–water partition coefficient (Wildman–Crippen LogP) is 3.46. The highest BCUT2D eigenvalue weighted by atomic mass is 35.5. The van der Waals surface area contributed by atoms with Crippen LogP contribution in [0.2, 0.25) is 0 Å². The second-order valence-electron chi connectivity index (χ2n) is 10.7. The van der Waals surface area contributed by atoms with Gasteiger partial charge in [-0.15, -0.1) is 11.6 Å². The van der Waals surface area contributed by atoms with Gasteiger partial charge >= 0.3 is 0 Å². The topological polar surface area (TPSA) is 111 Å². The number of carbonyl (C=O) groups is 2. The van der Waals surface area contributed by atoms with Gasteiger partial charge in [0.05, 0.1) is 27.5 Å². The number of aryl methyl sites for hydroxylation is 1. The zero-order chi connectivity index (χ0) is 27.7. The summed E-state index contributed by atoms with van der Waals surface area (Å²) in [4.78, 5) is 31.5. The number of rotatable bonds is 8. The number of likely N-dealkylation sites (tertiary alicyclic amines) is 1. The Kier molecular flexibility index (Phi) is 8.03. The molecule has 1 aromatic rings. The largest absolute Gasteiger partial charge is 0.358 e. The molecule has 2 saturated heterocycles. The van der Waals surface area contributed by atoms with Crippen molar-refractivity contribution in [3.05, 3.63) is 75.3 Å². The molecule has 0 saturated carbocycles. The molecular formula is C29H35ClN4O4S. The van der Waals surface area contributed by atoms with Crippen LogP contribution < -0.4 is 10.6 Å². The summed E-state index contributed by atoms with van der Waals surface area (Å²) in [6, 6.07) is 0. The summed E-state index contributed by atoms with van der Waals surface area (Å²) in [6.07, 6.45) is 14.1. The first kappa shape index (κ1) is 27.7. The van der Waals surface area contributed by atoms with Gasteiger partial charge in [-0.25, -0.2) is 8.42 Å². The Balaban J connectivity index is 1.35. The molecule has 3 heterocycles. The number of aromatic nitrogens is 1. The molecule has 39 heavy (non-hydrogen) atoms. The van der Waals surface area contributed by atoms with Crippen LogP contribution in [0.15, 0.2) is 52.8 Å². The number of halogens is 1. The molecule has 0 radical (unpaired) electrons. The third-order valence-corrected chi connectivity index (χ3v) is 10.1. The number of nitrogens with zero attached hydrogens (tertiary/aromatic N) is 1. The maximum atomic E-state index is 13.3. The van der Waals surface area contributed by atoms with Crippen LogP contribution in [0.1, 0.15) is 53.0 Å². The molecule has 0 bridgehead atoms. The van der Waals surface area contributed by atoms with Crippen LogP contribution in [0.25, 0.3) is 6.08 Å². The predicted molar refractivity (Wildman–Crippen MR) is 154 cm³/mol. The van der Waals surface area contributed by atoms with Crippen LogP contribution >= 0.6 is 11.6 Å². The van der Waals surface area contributed by atoms with E-state index in [1.54, 1.807) is 24.3 Å². The molecule has 5 rings (SSSR count). The van der Waals surface area contributed by atoms with Gasteiger partial charge in [-0.1, -0.05) is 30.4 Å². The van der Waals surface area contributed by atoms with Gasteiger partial charge in [0, 0.05) is 35.7 Å². The number of H-pyrrole nitrogens is 1. The highest BCUT2D eigenvalue weighted by molar-refractivity contribution is 7.92. The minimum atomic E-state index is -3.53. The fourth-order valence-corrected chi connectivity index (χ4v) is 7.58. The lowest BCUT2D eigenvalue weighted by molar-refractivity contribution is -0.115. The second-order valence-corrected chi connectivity index (χ2v) is 13.4. The molecule has 0 spiro atoms. The van der Waals surface area contributed by atoms with Gasteiger partial charge < -0.3 is 20.5 Å². The standard InChI is InChI=1S/C29H35ClN4O4S/c1-18-26(32-19(2)27(18)29(36)31-10-13-34-11-3-4-12-34)16-24-23-15-22(8-9-25(23)33-28(24)35)39(37,38)17-20-6-5-7-21(30)14-20/h5-6,9,14-16,21-22,32H,3-4,7-8,10-13,17H2,1-2H3,(H,31,36)(H,33,35). The van der Waals surface area contributed by atoms with Crippen LogP contribution in [-0.2, 0) is 14.6 Å². The molecule has 1 aromatic heterocycles. The summed E-state index contributed by atoms with van der Waals surface area (Å²) < 4.78 is 26.5. The van der Waals surface area contributed by atoms with Gasteiger partial charge in [0.15, 0.2) is 9.84 Å². The molecule has 2 atom stereocenters. The molecule has 0 aromatic carbocycles. The van der Waals surface area contributed by atoms with E-state index < -0.39 is 15.1 Å². The second kappa shape index (κ2) is 11.3. The normalized spacial score (nSPS) is 24.3. The fourth-order valence-electron chi connectivity index (χ4n) is 5.71. The molecule has 10 heteroatoms. The molecular weight excluding hydrogens is 536 g/mol. The average molecular weight is 571 g/mol. The Morgan fingerprint density at radius 1 is 1.21 bits per heavy atom. The van der Waals surface area contributed by atoms with Gasteiger partial charge in [0.2, 0.25) is 0 Å². The smallest absolute Gasteiger partial charge is 0.256 e. The van der Waals surface area contributed by atoms with Crippen LogP contribution in [0.5, 0.6) is 0 Å². The molecule has 2 aliphatic carbocycles. The molecule has 2 aliphatic heterocycles. The number of fused-ring (bicyclic) bond motifs is 1. The van der Waals surface area contributed by atoms with E-state index in [4.69, 9.17) is 11.6 Å². The third-order valence-electron chi connectivity index (χ3n) is 7.80. The van der Waals surface area contributed by atoms with Gasteiger partial charge in [0.25, 0.3) is 11.8 Å². The summed E-state index contributed by atoms with van der Waals surface area (Å²) in [5.41, 5.74) is 4.95. The van der Waals surface area contributed by atoms with Crippen LogP contribution in [0.3, 0.4) is 0 Å². The highest BCUT2D eigenvalue weighted by Gasteiger charge is 2.35. The van der Waals surface area contributed by atoms with Gasteiger partial charge in [-0.2, -0.15) is 0 Å². The zero-order valence-electron chi connectivity index (χ0n) is 22.3. The van der Waals surface area contributed by atoms with E-state index in [1.807, 2.05) is 26.0 Å². The molecule has 3 N–H and O–H groups in total. The highest BCUT2D eigenvalue weighted by Crippen LogP contribution is 2.34. The quantitative estimate of drug-likeness (QED) is 0.327. The van der Waals surface area contributed by atoms with Crippen molar-refractivity contribution in [3.8, 4) is 0 Å². The van der Waals surface area contributed by atoms with Crippen molar-refractivity contribution in [2.45, 2.75) is 50.2 Å². The Hall–Kier alpha value is -2.88. The SMILES string of the molecule is Cc1[nH]c(C=C2C(=O)NC3=CCC(S(=O)(=O)CC4=CC(Cl)CC=C4)C=C32)c(C)c1C(=O)NCCN1CCCC1. The first-order chi connectivity index (χ1) is 18.6. The van der Waals surface area contributed by atoms with Crippen molar-refractivity contribution in [2.75, 3.05) is 31.9 Å². The summed E-state index contributed by atoms with van der Waals surface area (Å²) in [5, 5.41) is 4.93. The van der Waals surface area contributed by atoms with E-state index in [2.05, 4.69) is 20.5 Å². The Bertz CT molecular complexity index is 1440. The number of allylic oxidation sites excluding steroid dienone is 5. The number of hydrogen-bond acceptors (Lipinski definition) is 5. The Morgan fingerprint density at radius 2 is 1.97 bits per heavy atom. The van der Waals surface area contributed by atoms with Gasteiger partial charge in [0.1, 0.15) is 0 Å². The Labute approximate surface area is 234 Å². The van der Waals surface area contributed by atoms with E-state index in [-0.39, 0.29) is 22.9 Å². The Morgan fingerprint density at radius 3 is 2.72 bits per heavy atom. The molecule has 2 amide bonds. The number of aromatic amines is 1. The number of hydrogen-bond donors (Lipinski definition) is 3. The van der Waals surface area contributed by atoms with Crippen LogP contribution in [0, 0.1) is 13.8 Å². The maximum absolute atomic E-state index is 13.3. The van der Waals surface area contributed by atoms with Crippen molar-refractivity contribution in [2.24, 2.45) is 0 Å². The van der Waals surface area contributed by atoms with E-state index in [1.165, 1.54) is 12.8 Å². The molecule has 2 fully saturated rings. The van der Waals surface area contributed by atoms with E-state index >= 15 is 0 Å². The summed E-state index contributed by atoms with van der Waals surface area (Å²) >= 11 is 6.18. The number of nitrogens with one attached hydrogen (secondary N) is 3. The number of amides is 2. The van der Waals surface area contributed by atoms with Crippen molar-refractivity contribution < 1.29 is 18.0 Å². The van der Waals surface area contributed by atoms with Crippen molar-refractivity contribution in [3.63, 3.8) is 0 Å². The molecule has 2 unspecified atom stereocenters. The number of sulfone groups is 1. The number of carbonyl (C=O) groups excluding carboxylic acids is 2. The van der Waals surface area contributed by atoms with Gasteiger partial charge in [-0.05, 0) is 69.8 Å². The monoisotopic (exact) mass is 570 g/mol. The fraction of sp³-hybridized carbons (Fsp3) is 0.448. The molecule has 4 aliphatic rings. The molecule has 8 nitrogen and oxygen atoms in total. The van der Waals surface area contributed by atoms with Crippen LogP contribution in [-0.4, -0.2) is 72.7 Å². The first-order valence-electron chi connectivity index (χ1n) is 13.5. The third kappa shape index (κ3) is 6.00. The van der Waals surface area contributed by atoms with Crippen molar-refractivity contribution >= 4 is 39.3 Å². The van der Waals surface area contributed by atoms with Crippen LogP contribution in [0.4, 0.5) is 0 Å². The van der Waals surface area contributed by atoms with E-state index in [0.29, 0.717) is 53.1 Å². The lowest BCUT2D eigenvalue weighted by Crippen LogP contribution is -2.33. The lowest BCUT2D eigenvalue weighted by atomic mass is 9.98. The molecule has 208 valence electrons. The zero-order valence-corrected chi connectivity index (χ0v) is 23.9. The summed E-state index contributed by atoms with van der Waals surface area (Å²) in [7, 11) is -3.53. The maximum Gasteiger partial charge on any atom is 0.256 e. The minimum Gasteiger partial charge on any atom is -0.358 e. The summed E-state index contributed by atoms with van der Waals surface area (Å²) in [6.45, 7) is 7.26. The van der Waals surface area contributed by atoms with Gasteiger partial charge in [-0.3, -0.25) is 9.59 Å². The minimum absolute atomic E-state index is 0.101.